The van der Waals surface area contributed by atoms with E-state index in [1.807, 2.05) is 13.1 Å². The van der Waals surface area contributed by atoms with E-state index < -0.39 is 22.9 Å². The molecule has 1 rings (SSSR count). The molecule has 0 bridgehead atoms. The highest BCUT2D eigenvalue weighted by Gasteiger charge is 2.41. The molecule has 3 nitrogen and oxygen atoms in total. The van der Waals surface area contributed by atoms with Crippen molar-refractivity contribution in [2.24, 2.45) is 5.92 Å². The van der Waals surface area contributed by atoms with E-state index in [1.54, 1.807) is 13.1 Å². The van der Waals surface area contributed by atoms with Gasteiger partial charge in [-0.3, -0.25) is 0 Å². The highest BCUT2D eigenvalue weighted by atomic mass is 28.4. The first-order valence-electron chi connectivity index (χ1n) is 6.89. The van der Waals surface area contributed by atoms with Crippen LogP contribution in [0.3, 0.4) is 0 Å². The average molecular weight is 295 g/mol. The molecule has 0 aromatic carbocycles. The normalized spacial score (nSPS) is 21.0. The molecular formula is C12H27FO3Si2. The van der Waals surface area contributed by atoms with Crippen molar-refractivity contribution >= 4 is 16.9 Å². The van der Waals surface area contributed by atoms with E-state index in [0.29, 0.717) is 5.92 Å². The van der Waals surface area contributed by atoms with Crippen LogP contribution in [-0.2, 0) is 8.54 Å². The summed E-state index contributed by atoms with van der Waals surface area (Å²) >= 11 is 0. The molecule has 0 saturated heterocycles. The van der Waals surface area contributed by atoms with Crippen molar-refractivity contribution < 1.29 is 18.0 Å². The van der Waals surface area contributed by atoms with Gasteiger partial charge in [-0.25, -0.2) is 4.39 Å². The molecule has 1 saturated carbocycles. The van der Waals surface area contributed by atoms with Crippen molar-refractivity contribution in [3.63, 3.8) is 0 Å². The Hall–Kier alpha value is 0.244. The first-order valence-corrected chi connectivity index (χ1v) is 12.7. The van der Waals surface area contributed by atoms with Gasteiger partial charge in [0.15, 0.2) is 0 Å². The Balaban J connectivity index is 2.38. The van der Waals surface area contributed by atoms with Crippen LogP contribution in [0.2, 0.25) is 26.2 Å². The first kappa shape index (κ1) is 16.3. The third kappa shape index (κ3) is 5.48. The second kappa shape index (κ2) is 6.61. The highest BCUT2D eigenvalue weighted by molar-refractivity contribution is 6.82. The van der Waals surface area contributed by atoms with Crippen LogP contribution in [0.4, 0.5) is 4.39 Å². The van der Waals surface area contributed by atoms with Crippen LogP contribution < -0.4 is 0 Å². The zero-order valence-electron chi connectivity index (χ0n) is 12.0. The van der Waals surface area contributed by atoms with Crippen LogP contribution in [0.15, 0.2) is 0 Å². The van der Waals surface area contributed by atoms with Crippen molar-refractivity contribution in [2.45, 2.75) is 64.3 Å². The topological polar surface area (TPSA) is 38.7 Å². The van der Waals surface area contributed by atoms with Crippen LogP contribution in [-0.4, -0.2) is 34.6 Å². The van der Waals surface area contributed by atoms with Crippen molar-refractivity contribution in [3.8, 4) is 0 Å². The Morgan fingerprint density at radius 2 is 1.72 bits per heavy atom. The van der Waals surface area contributed by atoms with E-state index in [2.05, 4.69) is 0 Å². The Kier molecular flexibility index (Phi) is 5.98. The molecular weight excluding hydrogens is 267 g/mol. The molecule has 1 atom stereocenters. The number of aliphatic hydroxyl groups excluding tert-OH is 1. The highest BCUT2D eigenvalue weighted by Crippen LogP contribution is 2.26. The summed E-state index contributed by atoms with van der Waals surface area (Å²) in [7, 11) is -5.00. The SMILES string of the molecule is C[Si](C)(OCC1CCCCC1)O[Si](C)(C)C(O)F. The predicted molar refractivity (Wildman–Crippen MR) is 75.7 cm³/mol. The van der Waals surface area contributed by atoms with E-state index in [4.69, 9.17) is 13.6 Å². The molecule has 0 amide bonds. The summed E-state index contributed by atoms with van der Waals surface area (Å²) in [5.41, 5.74) is 0. The van der Waals surface area contributed by atoms with Gasteiger partial charge in [0.05, 0.1) is 0 Å². The quantitative estimate of drug-likeness (QED) is 0.764. The van der Waals surface area contributed by atoms with Crippen LogP contribution >= 0.6 is 0 Å². The molecule has 1 N–H and O–H groups in total. The second-order valence-electron chi connectivity index (χ2n) is 6.26. The van der Waals surface area contributed by atoms with Gasteiger partial charge in [0.1, 0.15) is 0 Å². The van der Waals surface area contributed by atoms with Crippen LogP contribution in [0.25, 0.3) is 0 Å². The molecule has 1 aliphatic rings. The summed E-state index contributed by atoms with van der Waals surface area (Å²) in [6, 6.07) is 0. The van der Waals surface area contributed by atoms with Gasteiger partial charge < -0.3 is 13.6 Å². The number of aliphatic hydroxyl groups is 1. The van der Waals surface area contributed by atoms with Gasteiger partial charge in [-0.2, -0.15) is 0 Å². The molecule has 0 aromatic heterocycles. The van der Waals surface area contributed by atoms with Crippen molar-refractivity contribution in [3.05, 3.63) is 0 Å². The standard InChI is InChI=1S/C12H27FO3Si2/c1-17(2,12(13)14)16-18(3,4)15-10-11-8-6-5-7-9-11/h11-12,14H,5-10H2,1-4H3. The Labute approximate surface area is 112 Å². The maximum Gasteiger partial charge on any atom is 0.321 e. The third-order valence-electron chi connectivity index (χ3n) is 3.47. The van der Waals surface area contributed by atoms with E-state index in [9.17, 15) is 4.39 Å². The van der Waals surface area contributed by atoms with E-state index in [1.165, 1.54) is 32.1 Å². The lowest BCUT2D eigenvalue weighted by Crippen LogP contribution is -2.52. The minimum atomic E-state index is -2.68. The molecule has 1 fully saturated rings. The fourth-order valence-corrected chi connectivity index (χ4v) is 8.71. The summed E-state index contributed by atoms with van der Waals surface area (Å²) < 4.78 is 24.8. The number of hydrogen-bond donors (Lipinski definition) is 1. The molecule has 0 radical (unpaired) electrons. The summed E-state index contributed by atoms with van der Waals surface area (Å²) in [5, 5.41) is 9.10. The molecule has 108 valence electrons. The molecule has 0 spiro atoms. The zero-order chi connectivity index (χ0) is 13.8. The first-order chi connectivity index (χ1) is 8.23. The summed E-state index contributed by atoms with van der Waals surface area (Å²) in [5.74, 6) is -1.21. The lowest BCUT2D eigenvalue weighted by Gasteiger charge is -2.34. The van der Waals surface area contributed by atoms with E-state index in [0.717, 1.165) is 6.61 Å². The summed E-state index contributed by atoms with van der Waals surface area (Å²) in [6.45, 7) is 7.98. The fourth-order valence-electron chi connectivity index (χ4n) is 2.38. The number of alkyl halides is 1. The van der Waals surface area contributed by atoms with Gasteiger partial charge in [0.2, 0.25) is 14.3 Å². The van der Waals surface area contributed by atoms with Gasteiger partial charge in [-0.05, 0) is 44.9 Å². The predicted octanol–water partition coefficient (Wildman–Crippen LogP) is 3.33. The molecule has 0 heterocycles. The Morgan fingerprint density at radius 3 is 2.22 bits per heavy atom. The smallest absolute Gasteiger partial charge is 0.321 e. The van der Waals surface area contributed by atoms with Gasteiger partial charge in [-0.1, -0.05) is 19.3 Å². The number of hydrogen-bond acceptors (Lipinski definition) is 3. The van der Waals surface area contributed by atoms with Gasteiger partial charge in [0, 0.05) is 6.61 Å². The van der Waals surface area contributed by atoms with Gasteiger partial charge in [-0.15, -0.1) is 0 Å². The number of halogens is 1. The van der Waals surface area contributed by atoms with Crippen molar-refractivity contribution in [1.82, 2.24) is 0 Å². The second-order valence-corrected chi connectivity index (χ2v) is 13.8. The van der Waals surface area contributed by atoms with Gasteiger partial charge >= 0.3 is 8.56 Å². The Bertz CT molecular complexity index is 254. The van der Waals surface area contributed by atoms with E-state index >= 15 is 0 Å². The minimum absolute atomic E-state index is 0.634. The van der Waals surface area contributed by atoms with Crippen LogP contribution in [0.5, 0.6) is 0 Å². The molecule has 6 heteroatoms. The molecule has 0 aromatic rings. The third-order valence-corrected chi connectivity index (χ3v) is 9.55. The lowest BCUT2D eigenvalue weighted by atomic mass is 9.90. The van der Waals surface area contributed by atoms with Crippen LogP contribution in [0.1, 0.15) is 32.1 Å². The lowest BCUT2D eigenvalue weighted by molar-refractivity contribution is 0.0888. The van der Waals surface area contributed by atoms with Crippen LogP contribution in [0, 0.1) is 5.92 Å². The maximum atomic E-state index is 13.1. The van der Waals surface area contributed by atoms with E-state index in [-0.39, 0.29) is 0 Å². The Morgan fingerprint density at radius 1 is 1.17 bits per heavy atom. The molecule has 1 aliphatic carbocycles. The maximum absolute atomic E-state index is 13.1. The van der Waals surface area contributed by atoms with Crippen molar-refractivity contribution in [2.75, 3.05) is 6.61 Å². The molecule has 0 aliphatic heterocycles. The molecule has 1 unspecified atom stereocenters. The summed E-state index contributed by atoms with van der Waals surface area (Å²) in [6.07, 6.45) is 6.39. The number of rotatable bonds is 6. The largest absolute Gasteiger partial charge is 0.432 e. The fraction of sp³-hybridized carbons (Fsp3) is 1.00. The summed E-state index contributed by atoms with van der Waals surface area (Å²) in [4.78, 5) is 0. The average Bonchev–Trinajstić information content (AvgIpc) is 2.26. The monoisotopic (exact) mass is 294 g/mol. The minimum Gasteiger partial charge on any atom is -0.432 e. The van der Waals surface area contributed by atoms with Crippen molar-refractivity contribution in [1.29, 1.82) is 0 Å². The zero-order valence-corrected chi connectivity index (χ0v) is 14.0. The van der Waals surface area contributed by atoms with Gasteiger partial charge in [0.25, 0.3) is 0 Å². The molecule has 18 heavy (non-hydrogen) atoms.